The number of aryl methyl sites for hydroxylation is 1. The molecule has 0 aliphatic heterocycles. The quantitative estimate of drug-likeness (QED) is 0.168. The summed E-state index contributed by atoms with van der Waals surface area (Å²) in [4.78, 5) is 20.6. The van der Waals surface area contributed by atoms with Crippen molar-refractivity contribution < 1.29 is 9.53 Å². The Labute approximate surface area is 211 Å². The lowest BCUT2D eigenvalue weighted by Gasteiger charge is -2.12. The maximum Gasteiger partial charge on any atom is 0.248 e. The number of nitrogens with two attached hydrogens (primary N) is 2. The minimum absolute atomic E-state index is 0.432. The van der Waals surface area contributed by atoms with Gasteiger partial charge in [-0.25, -0.2) is 4.98 Å². The minimum Gasteiger partial charge on any atom is -0.380 e. The molecule has 0 atom stereocenters. The van der Waals surface area contributed by atoms with Crippen molar-refractivity contribution >= 4 is 33.4 Å². The van der Waals surface area contributed by atoms with Crippen molar-refractivity contribution in [1.82, 2.24) is 15.3 Å². The summed E-state index contributed by atoms with van der Waals surface area (Å²) >= 11 is 0. The lowest BCUT2D eigenvalue weighted by molar-refractivity contribution is 0.100. The van der Waals surface area contributed by atoms with E-state index in [2.05, 4.69) is 40.7 Å². The van der Waals surface area contributed by atoms with Crippen LogP contribution in [0.5, 0.6) is 0 Å². The fourth-order valence-corrected chi connectivity index (χ4v) is 4.33. The molecule has 4 aromatic rings. The first-order valence-electron chi connectivity index (χ1n) is 12.3. The molecule has 36 heavy (non-hydrogen) atoms. The van der Waals surface area contributed by atoms with Gasteiger partial charge in [-0.15, -0.1) is 0 Å². The summed E-state index contributed by atoms with van der Waals surface area (Å²) < 4.78 is 5.81. The average molecular weight is 487 g/mol. The Hall–Kier alpha value is -3.59. The molecular weight excluding hydrogens is 452 g/mol. The van der Waals surface area contributed by atoms with Gasteiger partial charge >= 0.3 is 0 Å². The largest absolute Gasteiger partial charge is 0.380 e. The van der Waals surface area contributed by atoms with Gasteiger partial charge in [0, 0.05) is 60.4 Å². The van der Waals surface area contributed by atoms with Crippen molar-refractivity contribution in [1.29, 1.82) is 0 Å². The molecule has 2 heterocycles. The van der Waals surface area contributed by atoms with Gasteiger partial charge in [-0.3, -0.25) is 9.78 Å². The zero-order valence-corrected chi connectivity index (χ0v) is 20.7. The SMILES string of the molecule is Cc1cc(CN)cc(CNCCCCOCCNc2nc3cc(C(N)=O)ccc3c3cnccc23)c1. The predicted octanol–water partition coefficient (Wildman–Crippen LogP) is 3.65. The van der Waals surface area contributed by atoms with Crippen molar-refractivity contribution in [3.05, 3.63) is 77.1 Å². The van der Waals surface area contributed by atoms with Crippen LogP contribution in [-0.2, 0) is 17.8 Å². The molecule has 188 valence electrons. The maximum atomic E-state index is 11.6. The van der Waals surface area contributed by atoms with Crippen LogP contribution < -0.4 is 22.1 Å². The van der Waals surface area contributed by atoms with E-state index in [9.17, 15) is 4.79 Å². The molecule has 1 amide bonds. The third kappa shape index (κ3) is 6.54. The molecule has 6 N–H and O–H groups in total. The van der Waals surface area contributed by atoms with Gasteiger partial charge in [0.1, 0.15) is 5.82 Å². The molecule has 0 spiro atoms. The monoisotopic (exact) mass is 486 g/mol. The zero-order chi connectivity index (χ0) is 25.3. The highest BCUT2D eigenvalue weighted by Crippen LogP contribution is 2.29. The van der Waals surface area contributed by atoms with E-state index in [-0.39, 0.29) is 0 Å². The second-order valence-electron chi connectivity index (χ2n) is 8.93. The lowest BCUT2D eigenvalue weighted by Crippen LogP contribution is -2.16. The Morgan fingerprint density at radius 1 is 0.972 bits per heavy atom. The van der Waals surface area contributed by atoms with Crippen LogP contribution in [0.3, 0.4) is 0 Å². The number of fused-ring (bicyclic) bond motifs is 3. The summed E-state index contributed by atoms with van der Waals surface area (Å²) in [5.74, 6) is 0.266. The van der Waals surface area contributed by atoms with E-state index in [1.54, 1.807) is 18.3 Å². The van der Waals surface area contributed by atoms with E-state index in [4.69, 9.17) is 21.2 Å². The molecule has 0 saturated carbocycles. The van der Waals surface area contributed by atoms with Crippen LogP contribution in [0.2, 0.25) is 0 Å². The van der Waals surface area contributed by atoms with Crippen LogP contribution in [0.15, 0.2) is 54.9 Å². The van der Waals surface area contributed by atoms with E-state index >= 15 is 0 Å². The van der Waals surface area contributed by atoms with Gasteiger partial charge in [0.25, 0.3) is 0 Å². The Morgan fingerprint density at radius 2 is 1.83 bits per heavy atom. The van der Waals surface area contributed by atoms with Gasteiger partial charge in [0.05, 0.1) is 12.1 Å². The summed E-state index contributed by atoms with van der Waals surface area (Å²) in [6.45, 7) is 6.38. The van der Waals surface area contributed by atoms with Crippen molar-refractivity contribution in [3.63, 3.8) is 0 Å². The second-order valence-corrected chi connectivity index (χ2v) is 8.93. The summed E-state index contributed by atoms with van der Waals surface area (Å²) in [6, 6.07) is 13.7. The topological polar surface area (TPSA) is 128 Å². The first kappa shape index (κ1) is 25.5. The summed E-state index contributed by atoms with van der Waals surface area (Å²) in [6.07, 6.45) is 5.61. The number of amides is 1. The number of anilines is 1. The van der Waals surface area contributed by atoms with Crippen LogP contribution in [0.4, 0.5) is 5.82 Å². The molecule has 0 bridgehead atoms. The Balaban J connectivity index is 1.20. The first-order chi connectivity index (χ1) is 17.5. The van der Waals surface area contributed by atoms with Gasteiger partial charge in [-0.05, 0) is 55.6 Å². The number of primary amides is 1. The molecule has 0 unspecified atom stereocenters. The van der Waals surface area contributed by atoms with E-state index in [1.807, 2.05) is 18.3 Å². The fourth-order valence-electron chi connectivity index (χ4n) is 4.33. The van der Waals surface area contributed by atoms with E-state index in [0.717, 1.165) is 47.9 Å². The number of hydrogen-bond acceptors (Lipinski definition) is 7. The van der Waals surface area contributed by atoms with Gasteiger partial charge in [0.15, 0.2) is 0 Å². The molecule has 4 rings (SSSR count). The predicted molar refractivity (Wildman–Crippen MR) is 145 cm³/mol. The molecule has 0 aliphatic carbocycles. The zero-order valence-electron chi connectivity index (χ0n) is 20.7. The smallest absolute Gasteiger partial charge is 0.248 e. The summed E-state index contributed by atoms with van der Waals surface area (Å²) in [5.41, 5.74) is 16.0. The van der Waals surface area contributed by atoms with Gasteiger partial charge in [-0.1, -0.05) is 29.8 Å². The summed E-state index contributed by atoms with van der Waals surface area (Å²) in [7, 11) is 0. The average Bonchev–Trinajstić information content (AvgIpc) is 2.89. The first-order valence-corrected chi connectivity index (χ1v) is 12.3. The van der Waals surface area contributed by atoms with Crippen molar-refractivity contribution in [2.75, 3.05) is 31.6 Å². The van der Waals surface area contributed by atoms with Gasteiger partial charge in [0.2, 0.25) is 5.91 Å². The van der Waals surface area contributed by atoms with Crippen molar-refractivity contribution in [3.8, 4) is 0 Å². The number of ether oxygens (including phenoxy) is 1. The molecular formula is C28H34N6O2. The number of carbonyl (C=O) groups excluding carboxylic acids is 1. The van der Waals surface area contributed by atoms with Crippen LogP contribution in [0, 0.1) is 6.92 Å². The van der Waals surface area contributed by atoms with Crippen LogP contribution in [-0.4, -0.2) is 42.2 Å². The molecule has 0 fully saturated rings. The number of hydrogen-bond donors (Lipinski definition) is 4. The molecule has 0 aliphatic rings. The van der Waals surface area contributed by atoms with Gasteiger partial charge < -0.3 is 26.8 Å². The Morgan fingerprint density at radius 3 is 2.67 bits per heavy atom. The van der Waals surface area contributed by atoms with Crippen LogP contribution >= 0.6 is 0 Å². The third-order valence-electron chi connectivity index (χ3n) is 6.07. The fraction of sp³-hybridized carbons (Fsp3) is 0.321. The number of pyridine rings is 2. The van der Waals surface area contributed by atoms with Crippen LogP contribution in [0.25, 0.3) is 21.7 Å². The third-order valence-corrected chi connectivity index (χ3v) is 6.07. The highest BCUT2D eigenvalue weighted by molar-refractivity contribution is 6.11. The number of nitrogens with one attached hydrogen (secondary N) is 2. The number of rotatable bonds is 13. The summed E-state index contributed by atoms with van der Waals surface area (Å²) in [5, 5.41) is 9.74. The van der Waals surface area contributed by atoms with E-state index in [1.165, 1.54) is 16.7 Å². The molecule has 2 aromatic heterocycles. The molecule has 0 radical (unpaired) electrons. The second kappa shape index (κ2) is 12.4. The van der Waals surface area contributed by atoms with E-state index < -0.39 is 5.91 Å². The Kier molecular flexibility index (Phi) is 8.78. The normalized spacial score (nSPS) is 11.3. The maximum absolute atomic E-state index is 11.6. The number of carbonyl (C=O) groups is 1. The molecule has 8 nitrogen and oxygen atoms in total. The Bertz CT molecular complexity index is 1340. The minimum atomic E-state index is -0.473. The number of unbranched alkanes of at least 4 members (excludes halogenated alkanes) is 1. The van der Waals surface area contributed by atoms with Crippen LogP contribution in [0.1, 0.15) is 39.9 Å². The molecule has 2 aromatic carbocycles. The highest BCUT2D eigenvalue weighted by Gasteiger charge is 2.10. The van der Waals surface area contributed by atoms with Crippen molar-refractivity contribution in [2.24, 2.45) is 11.5 Å². The lowest BCUT2D eigenvalue weighted by atomic mass is 10.1. The molecule has 0 saturated heterocycles. The number of aromatic nitrogens is 2. The van der Waals surface area contributed by atoms with Crippen molar-refractivity contribution in [2.45, 2.75) is 32.9 Å². The number of nitrogens with zero attached hydrogens (tertiary/aromatic N) is 2. The highest BCUT2D eigenvalue weighted by atomic mass is 16.5. The number of benzene rings is 2. The standard InChI is InChI=1S/C28H34N6O2/c1-19-12-20(16-29)14-21(13-19)17-31-7-2-3-10-36-11-9-33-28-24-6-8-32-18-25(24)23-5-4-22(27(30)35)15-26(23)34-28/h4-6,8,12-15,18,31H,2-3,7,9-11,16-17,29H2,1H3,(H2,30,35)(H,33,34). The molecule has 8 heteroatoms. The van der Waals surface area contributed by atoms with Gasteiger partial charge in [-0.2, -0.15) is 0 Å². The van der Waals surface area contributed by atoms with E-state index in [0.29, 0.717) is 37.4 Å².